The van der Waals surface area contributed by atoms with E-state index in [1.54, 1.807) is 19.4 Å². The van der Waals surface area contributed by atoms with Crippen molar-refractivity contribution in [2.45, 2.75) is 6.54 Å². The van der Waals surface area contributed by atoms with Crippen LogP contribution in [0.1, 0.15) is 5.76 Å². The van der Waals surface area contributed by atoms with Crippen LogP contribution in [0, 0.1) is 0 Å². The third-order valence-electron chi connectivity index (χ3n) is 2.46. The molecule has 1 rings (SSSR count). The Morgan fingerprint density at radius 2 is 2.28 bits per heavy atom. The molecule has 0 fully saturated rings. The topological polar surface area (TPSA) is 66.7 Å². The monoisotopic (exact) mass is 255 g/mol. The van der Waals surface area contributed by atoms with E-state index in [1.807, 2.05) is 13.1 Å². The van der Waals surface area contributed by atoms with E-state index < -0.39 is 0 Å². The molecule has 0 atom stereocenters. The van der Waals surface area contributed by atoms with E-state index in [0.29, 0.717) is 19.7 Å². The van der Waals surface area contributed by atoms with E-state index in [2.05, 4.69) is 15.5 Å². The molecule has 0 aliphatic rings. The van der Waals surface area contributed by atoms with Crippen molar-refractivity contribution >= 4 is 6.03 Å². The van der Waals surface area contributed by atoms with Crippen LogP contribution in [0.2, 0.25) is 0 Å². The first-order chi connectivity index (χ1) is 8.72. The lowest BCUT2D eigenvalue weighted by Gasteiger charge is -2.16. The Morgan fingerprint density at radius 3 is 2.94 bits per heavy atom. The summed E-state index contributed by atoms with van der Waals surface area (Å²) >= 11 is 0. The van der Waals surface area contributed by atoms with Gasteiger partial charge in [-0.25, -0.2) is 4.79 Å². The number of methoxy groups -OCH3 is 1. The van der Waals surface area contributed by atoms with Gasteiger partial charge in [-0.2, -0.15) is 0 Å². The summed E-state index contributed by atoms with van der Waals surface area (Å²) in [5.41, 5.74) is 0. The van der Waals surface area contributed by atoms with E-state index in [-0.39, 0.29) is 6.03 Å². The lowest BCUT2D eigenvalue weighted by atomic mass is 10.4. The van der Waals surface area contributed by atoms with Crippen LogP contribution in [-0.4, -0.2) is 51.3 Å². The third-order valence-corrected chi connectivity index (χ3v) is 2.46. The van der Waals surface area contributed by atoms with Gasteiger partial charge in [0.1, 0.15) is 5.76 Å². The first-order valence-electron chi connectivity index (χ1n) is 5.94. The van der Waals surface area contributed by atoms with Gasteiger partial charge in [0, 0.05) is 26.7 Å². The predicted octanol–water partition coefficient (Wildman–Crippen LogP) is 0.657. The van der Waals surface area contributed by atoms with Crippen LogP contribution < -0.4 is 10.6 Å². The number of hydrogen-bond donors (Lipinski definition) is 2. The van der Waals surface area contributed by atoms with Gasteiger partial charge in [-0.15, -0.1) is 0 Å². The highest BCUT2D eigenvalue weighted by Gasteiger charge is 2.02. The minimum atomic E-state index is -0.188. The number of nitrogens with one attached hydrogen (secondary N) is 2. The Labute approximate surface area is 107 Å². The zero-order valence-electron chi connectivity index (χ0n) is 10.9. The van der Waals surface area contributed by atoms with Gasteiger partial charge in [-0.05, 0) is 19.2 Å². The molecule has 0 aliphatic carbocycles. The van der Waals surface area contributed by atoms with Gasteiger partial charge in [-0.3, -0.25) is 0 Å². The Hall–Kier alpha value is -1.53. The Morgan fingerprint density at radius 1 is 1.44 bits per heavy atom. The van der Waals surface area contributed by atoms with Crippen molar-refractivity contribution in [3.05, 3.63) is 24.2 Å². The van der Waals surface area contributed by atoms with E-state index in [9.17, 15) is 4.79 Å². The fourth-order valence-corrected chi connectivity index (χ4v) is 1.36. The lowest BCUT2D eigenvalue weighted by molar-refractivity contribution is 0.161. The van der Waals surface area contributed by atoms with Gasteiger partial charge < -0.3 is 24.7 Å². The number of hydrogen-bond acceptors (Lipinski definition) is 4. The van der Waals surface area contributed by atoms with Gasteiger partial charge in [0.25, 0.3) is 0 Å². The molecule has 0 radical (unpaired) electrons. The second-order valence-electron chi connectivity index (χ2n) is 3.98. The molecule has 1 heterocycles. The number of carbonyl (C=O) groups is 1. The van der Waals surface area contributed by atoms with E-state index >= 15 is 0 Å². The number of rotatable bonds is 8. The van der Waals surface area contributed by atoms with Gasteiger partial charge in [0.2, 0.25) is 0 Å². The molecule has 0 bridgehead atoms. The van der Waals surface area contributed by atoms with Crippen LogP contribution in [-0.2, 0) is 11.3 Å². The maximum absolute atomic E-state index is 11.4. The predicted molar refractivity (Wildman–Crippen MR) is 68.3 cm³/mol. The molecule has 0 aromatic carbocycles. The maximum atomic E-state index is 11.4. The van der Waals surface area contributed by atoms with Crippen molar-refractivity contribution in [1.29, 1.82) is 0 Å². The number of ether oxygens (including phenoxy) is 1. The summed E-state index contributed by atoms with van der Waals surface area (Å²) in [6.07, 6.45) is 1.58. The summed E-state index contributed by atoms with van der Waals surface area (Å²) in [5, 5.41) is 5.49. The van der Waals surface area contributed by atoms with Crippen molar-refractivity contribution in [3.63, 3.8) is 0 Å². The van der Waals surface area contributed by atoms with Crippen LogP contribution in [0.15, 0.2) is 22.8 Å². The summed E-state index contributed by atoms with van der Waals surface area (Å²) < 4.78 is 10.1. The normalized spacial score (nSPS) is 10.6. The van der Waals surface area contributed by atoms with E-state index in [4.69, 9.17) is 9.15 Å². The summed E-state index contributed by atoms with van der Waals surface area (Å²) in [6, 6.07) is 3.42. The summed E-state index contributed by atoms with van der Waals surface area (Å²) in [7, 11) is 3.66. The molecule has 2 amide bonds. The van der Waals surface area contributed by atoms with E-state index in [0.717, 1.165) is 18.8 Å². The fourth-order valence-electron chi connectivity index (χ4n) is 1.36. The quantitative estimate of drug-likeness (QED) is 0.716. The third kappa shape index (κ3) is 6.27. The highest BCUT2D eigenvalue weighted by Crippen LogP contribution is 1.97. The molecule has 0 spiro atoms. The Bertz CT molecular complexity index is 327. The van der Waals surface area contributed by atoms with Crippen LogP contribution in [0.3, 0.4) is 0 Å². The molecule has 18 heavy (non-hydrogen) atoms. The van der Waals surface area contributed by atoms with Gasteiger partial charge in [0.15, 0.2) is 0 Å². The van der Waals surface area contributed by atoms with Crippen LogP contribution >= 0.6 is 0 Å². The zero-order chi connectivity index (χ0) is 13.2. The van der Waals surface area contributed by atoms with Crippen LogP contribution in [0.5, 0.6) is 0 Å². The summed E-state index contributed by atoms with van der Waals surface area (Å²) in [5.74, 6) is 0.738. The van der Waals surface area contributed by atoms with Crippen molar-refractivity contribution in [2.75, 3.05) is 40.4 Å². The van der Waals surface area contributed by atoms with Crippen molar-refractivity contribution in [2.24, 2.45) is 0 Å². The second kappa shape index (κ2) is 8.54. The molecule has 1 aromatic rings. The number of likely N-dealkylation sites (N-methyl/N-ethyl adjacent to an activating group) is 1. The molecule has 1 aromatic heterocycles. The smallest absolute Gasteiger partial charge is 0.315 e. The first kappa shape index (κ1) is 14.5. The lowest BCUT2D eigenvalue weighted by Crippen LogP contribution is -2.39. The van der Waals surface area contributed by atoms with Gasteiger partial charge in [-0.1, -0.05) is 0 Å². The minimum absolute atomic E-state index is 0.188. The van der Waals surface area contributed by atoms with Gasteiger partial charge >= 0.3 is 6.03 Å². The maximum Gasteiger partial charge on any atom is 0.315 e. The number of nitrogens with zero attached hydrogens (tertiary/aromatic N) is 1. The second-order valence-corrected chi connectivity index (χ2v) is 3.98. The minimum Gasteiger partial charge on any atom is -0.467 e. The van der Waals surface area contributed by atoms with Gasteiger partial charge in [0.05, 0.1) is 19.4 Å². The van der Waals surface area contributed by atoms with E-state index in [1.165, 1.54) is 0 Å². The highest BCUT2D eigenvalue weighted by molar-refractivity contribution is 5.73. The highest BCUT2D eigenvalue weighted by atomic mass is 16.5. The SMILES string of the molecule is COCCN(C)CCNC(=O)NCc1ccco1. The number of carbonyl (C=O) groups excluding carboxylic acids is 1. The fraction of sp³-hybridized carbons (Fsp3) is 0.583. The molecule has 0 saturated carbocycles. The molecule has 0 aliphatic heterocycles. The molecular weight excluding hydrogens is 234 g/mol. The Kier molecular flexibility index (Phi) is 6.90. The number of furan rings is 1. The molecule has 2 N–H and O–H groups in total. The van der Waals surface area contributed by atoms with Crippen LogP contribution in [0.25, 0.3) is 0 Å². The average molecular weight is 255 g/mol. The summed E-state index contributed by atoms with van der Waals surface area (Å²) in [6.45, 7) is 3.34. The molecular formula is C12H21N3O3. The van der Waals surface area contributed by atoms with Crippen molar-refractivity contribution in [3.8, 4) is 0 Å². The van der Waals surface area contributed by atoms with Crippen molar-refractivity contribution < 1.29 is 13.9 Å². The zero-order valence-corrected chi connectivity index (χ0v) is 10.9. The number of urea groups is 1. The Balaban J connectivity index is 2.03. The first-order valence-corrected chi connectivity index (χ1v) is 5.94. The van der Waals surface area contributed by atoms with Crippen molar-refractivity contribution in [1.82, 2.24) is 15.5 Å². The molecule has 0 saturated heterocycles. The largest absolute Gasteiger partial charge is 0.467 e. The molecule has 0 unspecified atom stereocenters. The number of amides is 2. The summed E-state index contributed by atoms with van der Waals surface area (Å²) in [4.78, 5) is 13.5. The van der Waals surface area contributed by atoms with Crippen LogP contribution in [0.4, 0.5) is 4.79 Å². The average Bonchev–Trinajstić information content (AvgIpc) is 2.87. The molecule has 6 nitrogen and oxygen atoms in total. The molecule has 6 heteroatoms. The standard InChI is InChI=1S/C12H21N3O3/c1-15(7-9-17-2)6-5-13-12(16)14-10-11-4-3-8-18-11/h3-4,8H,5-7,9-10H2,1-2H3,(H2,13,14,16). The molecule has 102 valence electrons.